The molecule has 0 saturated carbocycles. The highest BCUT2D eigenvalue weighted by Crippen LogP contribution is 2.06. The lowest BCUT2D eigenvalue weighted by molar-refractivity contribution is 0.724. The van der Waals surface area contributed by atoms with E-state index in [1.165, 1.54) is 12.2 Å². The predicted octanol–water partition coefficient (Wildman–Crippen LogP) is 2.42. The highest BCUT2D eigenvalue weighted by molar-refractivity contribution is 7.99. The van der Waals surface area contributed by atoms with Crippen molar-refractivity contribution in [3.63, 3.8) is 0 Å². The van der Waals surface area contributed by atoms with Gasteiger partial charge in [0.1, 0.15) is 0 Å². The summed E-state index contributed by atoms with van der Waals surface area (Å²) >= 11 is 1.95. The van der Waals surface area contributed by atoms with Crippen LogP contribution in [0.5, 0.6) is 0 Å². The van der Waals surface area contributed by atoms with Gasteiger partial charge in [0.25, 0.3) is 0 Å². The molecule has 0 rings (SSSR count). The van der Waals surface area contributed by atoms with Gasteiger partial charge in [-0.05, 0) is 25.0 Å². The molecule has 0 saturated heterocycles. The molecule has 0 aliphatic rings. The van der Waals surface area contributed by atoms with E-state index >= 15 is 0 Å². The SMILES string of the molecule is C=CCCCSCC(N)CC. The van der Waals surface area contributed by atoms with Gasteiger partial charge in [-0.25, -0.2) is 0 Å². The standard InChI is InChI=1S/C9H19NS/c1-3-5-6-7-11-8-9(10)4-2/h3,9H,1,4-8,10H2,2H3. The molecule has 0 aromatic heterocycles. The first-order valence-electron chi connectivity index (χ1n) is 4.25. The van der Waals surface area contributed by atoms with Crippen LogP contribution in [-0.2, 0) is 0 Å². The van der Waals surface area contributed by atoms with Crippen LogP contribution in [0.15, 0.2) is 12.7 Å². The summed E-state index contributed by atoms with van der Waals surface area (Å²) in [4.78, 5) is 0. The maximum Gasteiger partial charge on any atom is 0.0127 e. The molecule has 0 aliphatic carbocycles. The van der Waals surface area contributed by atoms with Crippen LogP contribution in [0.4, 0.5) is 0 Å². The highest BCUT2D eigenvalue weighted by Gasteiger charge is 1.97. The Hall–Kier alpha value is 0.0500. The van der Waals surface area contributed by atoms with Crippen LogP contribution in [0.2, 0.25) is 0 Å². The molecule has 0 aromatic carbocycles. The number of rotatable bonds is 7. The Morgan fingerprint density at radius 1 is 1.64 bits per heavy atom. The normalized spacial score (nSPS) is 12.9. The average Bonchev–Trinajstić information content (AvgIpc) is 2.04. The molecular formula is C9H19NS. The maximum absolute atomic E-state index is 5.75. The molecule has 11 heavy (non-hydrogen) atoms. The molecule has 1 atom stereocenters. The van der Waals surface area contributed by atoms with Gasteiger partial charge in [-0.15, -0.1) is 6.58 Å². The van der Waals surface area contributed by atoms with Gasteiger partial charge in [0.05, 0.1) is 0 Å². The highest BCUT2D eigenvalue weighted by atomic mass is 32.2. The maximum atomic E-state index is 5.75. The van der Waals surface area contributed by atoms with Gasteiger partial charge in [-0.2, -0.15) is 11.8 Å². The third-order valence-corrected chi connectivity index (χ3v) is 2.79. The van der Waals surface area contributed by atoms with Crippen molar-refractivity contribution in [3.05, 3.63) is 12.7 Å². The molecule has 0 aromatic rings. The van der Waals surface area contributed by atoms with E-state index in [2.05, 4.69) is 13.5 Å². The molecule has 0 amide bonds. The van der Waals surface area contributed by atoms with E-state index < -0.39 is 0 Å². The van der Waals surface area contributed by atoms with Crippen molar-refractivity contribution in [2.45, 2.75) is 32.2 Å². The summed E-state index contributed by atoms with van der Waals surface area (Å²) in [6, 6.07) is 0.392. The Morgan fingerprint density at radius 2 is 2.36 bits per heavy atom. The second kappa shape index (κ2) is 8.15. The van der Waals surface area contributed by atoms with Crippen molar-refractivity contribution in [1.29, 1.82) is 0 Å². The van der Waals surface area contributed by atoms with E-state index in [1.807, 2.05) is 17.8 Å². The summed E-state index contributed by atoms with van der Waals surface area (Å²) in [5.74, 6) is 2.33. The number of unbranched alkanes of at least 4 members (excludes halogenated alkanes) is 1. The van der Waals surface area contributed by atoms with Gasteiger partial charge in [0.15, 0.2) is 0 Å². The van der Waals surface area contributed by atoms with Gasteiger partial charge in [-0.1, -0.05) is 13.0 Å². The lowest BCUT2D eigenvalue weighted by atomic mass is 10.3. The Bertz CT molecular complexity index is 93.6. The summed E-state index contributed by atoms with van der Waals surface area (Å²) in [6.45, 7) is 5.81. The van der Waals surface area contributed by atoms with Gasteiger partial charge in [0, 0.05) is 11.8 Å². The smallest absolute Gasteiger partial charge is 0.0127 e. The van der Waals surface area contributed by atoms with E-state index in [0.29, 0.717) is 6.04 Å². The van der Waals surface area contributed by atoms with E-state index in [4.69, 9.17) is 5.73 Å². The van der Waals surface area contributed by atoms with Crippen LogP contribution < -0.4 is 5.73 Å². The summed E-state index contributed by atoms with van der Waals surface area (Å²) < 4.78 is 0. The third kappa shape index (κ3) is 7.95. The molecule has 1 unspecified atom stereocenters. The van der Waals surface area contributed by atoms with E-state index in [-0.39, 0.29) is 0 Å². The second-order valence-corrected chi connectivity index (χ2v) is 3.82. The molecule has 0 spiro atoms. The van der Waals surface area contributed by atoms with Crippen LogP contribution in [-0.4, -0.2) is 17.5 Å². The van der Waals surface area contributed by atoms with Crippen LogP contribution in [0.1, 0.15) is 26.2 Å². The number of thioether (sulfide) groups is 1. The zero-order valence-electron chi connectivity index (χ0n) is 7.38. The zero-order valence-corrected chi connectivity index (χ0v) is 8.20. The summed E-state index contributed by atoms with van der Waals surface area (Å²) in [5.41, 5.74) is 5.75. The molecule has 0 fully saturated rings. The number of hydrogen-bond acceptors (Lipinski definition) is 2. The summed E-state index contributed by atoms with van der Waals surface area (Å²) in [6.07, 6.45) is 5.44. The molecule has 1 nitrogen and oxygen atoms in total. The lowest BCUT2D eigenvalue weighted by Crippen LogP contribution is -2.21. The van der Waals surface area contributed by atoms with Gasteiger partial charge in [-0.3, -0.25) is 0 Å². The quantitative estimate of drug-likeness (QED) is 0.472. The molecule has 2 N–H and O–H groups in total. The van der Waals surface area contributed by atoms with Crippen molar-refractivity contribution >= 4 is 11.8 Å². The van der Waals surface area contributed by atoms with Crippen LogP contribution in [0.3, 0.4) is 0 Å². The molecule has 0 radical (unpaired) electrons. The number of nitrogens with two attached hydrogens (primary N) is 1. The molecule has 2 heteroatoms. The van der Waals surface area contributed by atoms with Gasteiger partial charge < -0.3 is 5.73 Å². The van der Waals surface area contributed by atoms with Crippen molar-refractivity contribution in [3.8, 4) is 0 Å². The minimum absolute atomic E-state index is 0.392. The van der Waals surface area contributed by atoms with Gasteiger partial charge >= 0.3 is 0 Å². The van der Waals surface area contributed by atoms with Crippen molar-refractivity contribution in [2.24, 2.45) is 5.73 Å². The fraction of sp³-hybridized carbons (Fsp3) is 0.778. The van der Waals surface area contributed by atoms with Crippen LogP contribution in [0.25, 0.3) is 0 Å². The third-order valence-electron chi connectivity index (χ3n) is 1.55. The zero-order chi connectivity index (χ0) is 8.53. The molecule has 0 aliphatic heterocycles. The largest absolute Gasteiger partial charge is 0.327 e. The topological polar surface area (TPSA) is 26.0 Å². The summed E-state index contributed by atoms with van der Waals surface area (Å²) in [5, 5.41) is 0. The summed E-state index contributed by atoms with van der Waals surface area (Å²) in [7, 11) is 0. The molecule has 0 heterocycles. The minimum Gasteiger partial charge on any atom is -0.327 e. The Labute approximate surface area is 74.4 Å². The monoisotopic (exact) mass is 173 g/mol. The van der Waals surface area contributed by atoms with Crippen molar-refractivity contribution in [1.82, 2.24) is 0 Å². The van der Waals surface area contributed by atoms with Crippen LogP contribution in [0, 0.1) is 0 Å². The first-order valence-corrected chi connectivity index (χ1v) is 5.41. The van der Waals surface area contributed by atoms with Crippen LogP contribution >= 0.6 is 11.8 Å². The molecule has 0 bridgehead atoms. The molecule has 66 valence electrons. The fourth-order valence-corrected chi connectivity index (χ4v) is 1.76. The first kappa shape index (κ1) is 11.1. The predicted molar refractivity (Wildman–Crippen MR) is 55.0 cm³/mol. The van der Waals surface area contributed by atoms with E-state index in [1.54, 1.807) is 0 Å². The van der Waals surface area contributed by atoms with Crippen molar-refractivity contribution in [2.75, 3.05) is 11.5 Å². The Balaban J connectivity index is 2.95. The lowest BCUT2D eigenvalue weighted by Gasteiger charge is -2.06. The Kier molecular flexibility index (Phi) is 8.19. The van der Waals surface area contributed by atoms with Gasteiger partial charge in [0.2, 0.25) is 0 Å². The van der Waals surface area contributed by atoms with E-state index in [9.17, 15) is 0 Å². The minimum atomic E-state index is 0.392. The fourth-order valence-electron chi connectivity index (χ4n) is 0.682. The average molecular weight is 173 g/mol. The first-order chi connectivity index (χ1) is 5.31. The number of allylic oxidation sites excluding steroid dienone is 1. The Morgan fingerprint density at radius 3 is 2.91 bits per heavy atom. The van der Waals surface area contributed by atoms with Crippen molar-refractivity contribution < 1.29 is 0 Å². The molecular weight excluding hydrogens is 154 g/mol. The number of hydrogen-bond donors (Lipinski definition) is 1. The second-order valence-electron chi connectivity index (χ2n) is 2.67. The van der Waals surface area contributed by atoms with E-state index in [0.717, 1.165) is 18.6 Å².